The molecule has 4 atom stereocenters. The van der Waals surface area contributed by atoms with Crippen molar-refractivity contribution in [1.82, 2.24) is 0 Å². The number of nitriles is 1. The maximum absolute atomic E-state index is 9.12. The Balaban J connectivity index is 1.32. The molecule has 2 aromatic rings. The van der Waals surface area contributed by atoms with E-state index in [2.05, 4.69) is 37.3 Å². The summed E-state index contributed by atoms with van der Waals surface area (Å²) < 4.78 is 0. The number of nitrogens with zero attached hydrogens (tertiary/aromatic N) is 1. The Kier molecular flexibility index (Phi) is 6.91. The monoisotopic (exact) mass is 387 g/mol. The van der Waals surface area contributed by atoms with Crippen LogP contribution in [0.15, 0.2) is 36.4 Å². The van der Waals surface area contributed by atoms with Crippen molar-refractivity contribution < 1.29 is 0 Å². The van der Waals surface area contributed by atoms with E-state index in [1.807, 2.05) is 12.1 Å². The number of rotatable bonds is 7. The lowest BCUT2D eigenvalue weighted by Crippen LogP contribution is -2.30. The fraction of sp³-hybridized carbons (Fsp3) is 0.607. The van der Waals surface area contributed by atoms with Crippen molar-refractivity contribution in [2.75, 3.05) is 0 Å². The number of benzene rings is 2. The molecule has 0 spiro atoms. The van der Waals surface area contributed by atoms with Crippen LogP contribution in [0.25, 0.3) is 10.8 Å². The van der Waals surface area contributed by atoms with Crippen molar-refractivity contribution in [3.05, 3.63) is 47.5 Å². The first kappa shape index (κ1) is 20.5. The number of hydrogen-bond acceptors (Lipinski definition) is 1. The number of unbranched alkanes of at least 4 members (excludes halogenated alkanes) is 4. The van der Waals surface area contributed by atoms with E-state index in [1.165, 1.54) is 93.4 Å². The van der Waals surface area contributed by atoms with Crippen molar-refractivity contribution in [2.45, 2.75) is 89.9 Å². The fourth-order valence-corrected chi connectivity index (χ4v) is 6.18. The highest BCUT2D eigenvalue weighted by Crippen LogP contribution is 2.48. The van der Waals surface area contributed by atoms with Gasteiger partial charge in [0.25, 0.3) is 0 Å². The Morgan fingerprint density at radius 1 is 0.828 bits per heavy atom. The second-order valence-corrected chi connectivity index (χ2v) is 9.85. The average Bonchev–Trinajstić information content (AvgIpc) is 2.77. The van der Waals surface area contributed by atoms with Crippen LogP contribution in [0.3, 0.4) is 0 Å². The van der Waals surface area contributed by atoms with Crippen LogP contribution in [-0.2, 0) is 0 Å². The third kappa shape index (κ3) is 5.03. The highest BCUT2D eigenvalue weighted by Gasteiger charge is 2.35. The molecule has 0 heterocycles. The minimum atomic E-state index is 0.738. The summed E-state index contributed by atoms with van der Waals surface area (Å²) in [5.41, 5.74) is 2.28. The van der Waals surface area contributed by atoms with E-state index in [9.17, 15) is 0 Å². The van der Waals surface area contributed by atoms with Crippen molar-refractivity contribution in [3.8, 4) is 6.07 Å². The average molecular weight is 388 g/mol. The summed E-state index contributed by atoms with van der Waals surface area (Å²) in [5.74, 6) is 3.72. The van der Waals surface area contributed by atoms with Crippen LogP contribution in [0.4, 0.5) is 0 Å². The van der Waals surface area contributed by atoms with E-state index < -0.39 is 0 Å². The molecular weight excluding hydrogens is 350 g/mol. The molecule has 2 fully saturated rings. The van der Waals surface area contributed by atoms with Gasteiger partial charge in [0, 0.05) is 0 Å². The maximum Gasteiger partial charge on any atom is 0.0991 e. The van der Waals surface area contributed by atoms with Gasteiger partial charge in [-0.25, -0.2) is 0 Å². The first-order chi connectivity index (χ1) is 14.3. The van der Waals surface area contributed by atoms with Crippen molar-refractivity contribution >= 4 is 10.8 Å². The lowest BCUT2D eigenvalue weighted by atomic mass is 9.63. The lowest BCUT2D eigenvalue weighted by Gasteiger charge is -2.42. The fourth-order valence-electron chi connectivity index (χ4n) is 6.18. The molecule has 29 heavy (non-hydrogen) atoms. The zero-order chi connectivity index (χ0) is 20.1. The largest absolute Gasteiger partial charge is 0.192 e. The quantitative estimate of drug-likeness (QED) is 0.438. The minimum Gasteiger partial charge on any atom is -0.192 e. The van der Waals surface area contributed by atoms with Crippen LogP contribution in [0, 0.1) is 29.1 Å². The second kappa shape index (κ2) is 9.80. The predicted octanol–water partition coefficient (Wildman–Crippen LogP) is 8.37. The summed E-state index contributed by atoms with van der Waals surface area (Å²) in [5, 5.41) is 11.6. The zero-order valence-corrected chi connectivity index (χ0v) is 18.2. The third-order valence-electron chi connectivity index (χ3n) is 7.90. The SMILES string of the molecule is CCCCCCC[C@@H]1CC[C@@H]2CC(c3ccc4cc(C#N)ccc4c3)CCC2C1. The molecule has 2 aliphatic carbocycles. The molecule has 0 aliphatic heterocycles. The van der Waals surface area contributed by atoms with Crippen molar-refractivity contribution in [3.63, 3.8) is 0 Å². The molecule has 1 heteroatoms. The molecule has 1 nitrogen and oxygen atoms in total. The molecule has 0 aromatic heterocycles. The van der Waals surface area contributed by atoms with Gasteiger partial charge in [0.05, 0.1) is 11.6 Å². The van der Waals surface area contributed by atoms with E-state index in [4.69, 9.17) is 5.26 Å². The van der Waals surface area contributed by atoms with Gasteiger partial charge in [0.1, 0.15) is 0 Å². The van der Waals surface area contributed by atoms with E-state index >= 15 is 0 Å². The molecule has 2 aliphatic rings. The van der Waals surface area contributed by atoms with E-state index in [0.717, 1.165) is 29.2 Å². The Labute approximate surface area is 177 Å². The number of hydrogen-bond donors (Lipinski definition) is 0. The van der Waals surface area contributed by atoms with Gasteiger partial charge in [-0.2, -0.15) is 5.26 Å². The third-order valence-corrected chi connectivity index (χ3v) is 7.90. The Hall–Kier alpha value is -1.81. The normalized spacial score (nSPS) is 26.8. The topological polar surface area (TPSA) is 23.8 Å². The van der Waals surface area contributed by atoms with E-state index in [0.29, 0.717) is 0 Å². The van der Waals surface area contributed by atoms with Gasteiger partial charge in [-0.05, 0) is 84.2 Å². The molecule has 0 amide bonds. The van der Waals surface area contributed by atoms with Gasteiger partial charge in [-0.1, -0.05) is 76.1 Å². The molecule has 0 radical (unpaired) electrons. The summed E-state index contributed by atoms with van der Waals surface area (Å²) in [7, 11) is 0. The van der Waals surface area contributed by atoms with Gasteiger partial charge in [-0.15, -0.1) is 0 Å². The van der Waals surface area contributed by atoms with Gasteiger partial charge < -0.3 is 0 Å². The van der Waals surface area contributed by atoms with Crippen LogP contribution in [0.1, 0.15) is 101 Å². The number of fused-ring (bicyclic) bond motifs is 2. The minimum absolute atomic E-state index is 0.738. The zero-order valence-electron chi connectivity index (χ0n) is 18.2. The van der Waals surface area contributed by atoms with E-state index in [-0.39, 0.29) is 0 Å². The van der Waals surface area contributed by atoms with Gasteiger partial charge in [0.2, 0.25) is 0 Å². The van der Waals surface area contributed by atoms with Crippen LogP contribution >= 0.6 is 0 Å². The highest BCUT2D eigenvalue weighted by atomic mass is 14.4. The molecule has 4 rings (SSSR count). The molecule has 2 saturated carbocycles. The van der Waals surface area contributed by atoms with Crippen LogP contribution < -0.4 is 0 Å². The van der Waals surface area contributed by atoms with E-state index in [1.54, 1.807) is 0 Å². The molecule has 2 aromatic carbocycles. The Morgan fingerprint density at radius 2 is 1.59 bits per heavy atom. The summed E-state index contributed by atoms with van der Waals surface area (Å²) >= 11 is 0. The summed E-state index contributed by atoms with van der Waals surface area (Å²) in [6.45, 7) is 2.31. The molecule has 0 N–H and O–H groups in total. The summed E-state index contributed by atoms with van der Waals surface area (Å²) in [6, 6.07) is 15.3. The Bertz CT molecular complexity index is 845. The second-order valence-electron chi connectivity index (χ2n) is 9.85. The highest BCUT2D eigenvalue weighted by molar-refractivity contribution is 5.84. The predicted molar refractivity (Wildman–Crippen MR) is 123 cm³/mol. The van der Waals surface area contributed by atoms with Crippen LogP contribution in [0.5, 0.6) is 0 Å². The molecule has 154 valence electrons. The molecule has 0 bridgehead atoms. The lowest BCUT2D eigenvalue weighted by molar-refractivity contribution is 0.113. The van der Waals surface area contributed by atoms with Crippen LogP contribution in [0.2, 0.25) is 0 Å². The molecule has 2 unspecified atom stereocenters. The first-order valence-corrected chi connectivity index (χ1v) is 12.2. The molecular formula is C28H37N. The standard InChI is InChI=1S/C28H37N/c1-2-3-4-5-6-7-21-8-10-25-18-27(14-12-23(25)16-21)28-15-13-24-17-22(20-29)9-11-26(24)19-28/h9,11,13,15,17,19,21,23,25,27H,2-8,10,12,14,16,18H2,1H3/t21-,23?,25-,27?/m1/s1. The smallest absolute Gasteiger partial charge is 0.0991 e. The first-order valence-electron chi connectivity index (χ1n) is 12.2. The maximum atomic E-state index is 9.12. The van der Waals surface area contributed by atoms with Gasteiger partial charge >= 0.3 is 0 Å². The van der Waals surface area contributed by atoms with Gasteiger partial charge in [-0.3, -0.25) is 0 Å². The Morgan fingerprint density at radius 3 is 2.45 bits per heavy atom. The van der Waals surface area contributed by atoms with Crippen molar-refractivity contribution in [1.29, 1.82) is 5.26 Å². The van der Waals surface area contributed by atoms with Crippen LogP contribution in [-0.4, -0.2) is 0 Å². The van der Waals surface area contributed by atoms with Crippen molar-refractivity contribution in [2.24, 2.45) is 17.8 Å². The van der Waals surface area contributed by atoms with Gasteiger partial charge in [0.15, 0.2) is 0 Å². The summed E-state index contributed by atoms with van der Waals surface area (Å²) in [6.07, 6.45) is 17.3. The molecule has 0 saturated heterocycles. The summed E-state index contributed by atoms with van der Waals surface area (Å²) in [4.78, 5) is 0.